The van der Waals surface area contributed by atoms with Gasteiger partial charge in [-0.15, -0.1) is 0 Å². The van der Waals surface area contributed by atoms with Crippen molar-refractivity contribution in [3.8, 4) is 6.07 Å². The molecule has 1 aromatic heterocycles. The average molecular weight is 308 g/mol. The molecule has 21 heavy (non-hydrogen) atoms. The molecular formula is C14H20N4O2S. The second-order valence-corrected chi connectivity index (χ2v) is 7.31. The summed E-state index contributed by atoms with van der Waals surface area (Å²) in [5.74, 6) is 0.788. The number of aryl methyl sites for hydroxylation is 1. The van der Waals surface area contributed by atoms with E-state index < -0.39 is 10.0 Å². The van der Waals surface area contributed by atoms with Gasteiger partial charge in [-0.25, -0.2) is 18.1 Å². The number of nitriles is 1. The van der Waals surface area contributed by atoms with Gasteiger partial charge in [-0.3, -0.25) is 0 Å². The zero-order valence-corrected chi connectivity index (χ0v) is 13.1. The molecule has 1 heterocycles. The highest BCUT2D eigenvalue weighted by Crippen LogP contribution is 2.26. The fourth-order valence-electron chi connectivity index (χ4n) is 2.72. The Morgan fingerprint density at radius 1 is 1.43 bits per heavy atom. The Kier molecular flexibility index (Phi) is 4.80. The van der Waals surface area contributed by atoms with E-state index in [2.05, 4.69) is 21.1 Å². The molecule has 6 nitrogen and oxygen atoms in total. The Labute approximate surface area is 125 Å². The second kappa shape index (κ2) is 6.41. The fourth-order valence-corrected chi connectivity index (χ4v) is 3.58. The maximum Gasteiger partial charge on any atom is 0.208 e. The number of hydrogen-bond donors (Lipinski definition) is 2. The van der Waals surface area contributed by atoms with Gasteiger partial charge in [0.1, 0.15) is 11.9 Å². The normalized spacial score (nSPS) is 22.0. The van der Waals surface area contributed by atoms with Crippen molar-refractivity contribution < 1.29 is 8.42 Å². The van der Waals surface area contributed by atoms with Gasteiger partial charge in [-0.1, -0.05) is 6.42 Å². The molecule has 1 aromatic rings. The van der Waals surface area contributed by atoms with Crippen molar-refractivity contribution in [3.05, 3.63) is 23.4 Å². The molecule has 0 radical (unpaired) electrons. The molecule has 0 saturated heterocycles. The first-order valence-corrected chi connectivity index (χ1v) is 8.87. The third-order valence-corrected chi connectivity index (χ3v) is 4.44. The van der Waals surface area contributed by atoms with Crippen molar-refractivity contribution in [2.45, 2.75) is 32.2 Å². The summed E-state index contributed by atoms with van der Waals surface area (Å²) in [6, 6.07) is 5.61. The van der Waals surface area contributed by atoms with Crippen molar-refractivity contribution in [1.29, 1.82) is 5.26 Å². The number of rotatable bonds is 5. The Morgan fingerprint density at radius 2 is 2.19 bits per heavy atom. The lowest BCUT2D eigenvalue weighted by Gasteiger charge is -2.21. The van der Waals surface area contributed by atoms with E-state index in [1.54, 1.807) is 12.1 Å². The molecule has 0 bridgehead atoms. The highest BCUT2D eigenvalue weighted by molar-refractivity contribution is 7.88. The van der Waals surface area contributed by atoms with Crippen molar-refractivity contribution in [3.63, 3.8) is 0 Å². The molecule has 1 saturated carbocycles. The molecule has 2 atom stereocenters. The Morgan fingerprint density at radius 3 is 2.86 bits per heavy atom. The number of anilines is 1. The molecule has 1 aliphatic rings. The van der Waals surface area contributed by atoms with Gasteiger partial charge in [-0.2, -0.15) is 5.26 Å². The van der Waals surface area contributed by atoms with Gasteiger partial charge < -0.3 is 5.32 Å². The summed E-state index contributed by atoms with van der Waals surface area (Å²) in [5, 5.41) is 12.3. The monoisotopic (exact) mass is 308 g/mol. The number of pyridine rings is 1. The fraction of sp³-hybridized carbons (Fsp3) is 0.571. The van der Waals surface area contributed by atoms with Crippen LogP contribution in [-0.2, 0) is 10.0 Å². The number of aromatic nitrogens is 1. The largest absolute Gasteiger partial charge is 0.369 e. The van der Waals surface area contributed by atoms with Crippen LogP contribution in [0.25, 0.3) is 0 Å². The van der Waals surface area contributed by atoms with Gasteiger partial charge in [0, 0.05) is 18.3 Å². The Bertz CT molecular complexity index is 651. The molecular weight excluding hydrogens is 288 g/mol. The van der Waals surface area contributed by atoms with Crippen LogP contribution in [0.15, 0.2) is 12.1 Å². The molecule has 0 unspecified atom stereocenters. The lowest BCUT2D eigenvalue weighted by Crippen LogP contribution is -2.39. The third kappa shape index (κ3) is 4.41. The lowest BCUT2D eigenvalue weighted by molar-refractivity contribution is 0.463. The van der Waals surface area contributed by atoms with Gasteiger partial charge in [0.2, 0.25) is 10.0 Å². The zero-order chi connectivity index (χ0) is 15.5. The highest BCUT2D eigenvalue weighted by atomic mass is 32.2. The van der Waals surface area contributed by atoms with E-state index in [9.17, 15) is 8.42 Å². The summed E-state index contributed by atoms with van der Waals surface area (Å²) in [4.78, 5) is 4.33. The van der Waals surface area contributed by atoms with E-state index >= 15 is 0 Å². The van der Waals surface area contributed by atoms with Gasteiger partial charge >= 0.3 is 0 Å². The van der Waals surface area contributed by atoms with E-state index in [4.69, 9.17) is 5.26 Å². The minimum absolute atomic E-state index is 0.0390. The predicted octanol–water partition coefficient (Wildman–Crippen LogP) is 1.39. The van der Waals surface area contributed by atoms with Crippen LogP contribution < -0.4 is 10.0 Å². The van der Waals surface area contributed by atoms with Gasteiger partial charge in [0.05, 0.1) is 11.8 Å². The third-order valence-electron chi connectivity index (χ3n) is 3.71. The van der Waals surface area contributed by atoms with Crippen molar-refractivity contribution in [2.75, 3.05) is 18.1 Å². The summed E-state index contributed by atoms with van der Waals surface area (Å²) < 4.78 is 25.4. The van der Waals surface area contributed by atoms with Crippen LogP contribution >= 0.6 is 0 Å². The van der Waals surface area contributed by atoms with E-state index in [0.29, 0.717) is 17.9 Å². The van der Waals surface area contributed by atoms with Gasteiger partial charge in [0.25, 0.3) is 0 Å². The first kappa shape index (κ1) is 15.7. The quantitative estimate of drug-likeness (QED) is 0.857. The zero-order valence-electron chi connectivity index (χ0n) is 12.3. The van der Waals surface area contributed by atoms with Crippen LogP contribution in [-0.4, -0.2) is 32.2 Å². The Hall–Kier alpha value is -1.65. The lowest BCUT2D eigenvalue weighted by atomic mass is 10.0. The molecule has 114 valence electrons. The number of sulfonamides is 1. The summed E-state index contributed by atoms with van der Waals surface area (Å²) in [7, 11) is -3.19. The first-order valence-electron chi connectivity index (χ1n) is 6.98. The summed E-state index contributed by atoms with van der Waals surface area (Å²) in [6.45, 7) is 2.48. The summed E-state index contributed by atoms with van der Waals surface area (Å²) >= 11 is 0. The smallest absolute Gasteiger partial charge is 0.208 e. The van der Waals surface area contributed by atoms with Crippen molar-refractivity contribution in [2.24, 2.45) is 5.92 Å². The molecule has 7 heteroatoms. The van der Waals surface area contributed by atoms with E-state index in [0.717, 1.165) is 25.0 Å². The van der Waals surface area contributed by atoms with Gasteiger partial charge in [-0.05, 0) is 37.8 Å². The maximum atomic E-state index is 11.4. The van der Waals surface area contributed by atoms with Crippen LogP contribution in [0.4, 0.5) is 5.82 Å². The summed E-state index contributed by atoms with van der Waals surface area (Å²) in [6.07, 6.45) is 4.01. The standard InChI is InChI=1S/C14H20N4O2S/c1-10-6-7-11(8-15)14(17-10)16-9-12-4-3-5-13(12)18-21(2,19)20/h6-7,12-13,18H,3-5,9H2,1-2H3,(H,16,17)/t12-,13+/m1/s1. The minimum Gasteiger partial charge on any atom is -0.369 e. The van der Waals surface area contributed by atoms with E-state index in [1.165, 1.54) is 6.26 Å². The minimum atomic E-state index is -3.19. The van der Waals surface area contributed by atoms with Crippen LogP contribution in [0.2, 0.25) is 0 Å². The predicted molar refractivity (Wildman–Crippen MR) is 81.3 cm³/mol. The molecule has 2 rings (SSSR count). The maximum absolute atomic E-state index is 11.4. The highest BCUT2D eigenvalue weighted by Gasteiger charge is 2.29. The van der Waals surface area contributed by atoms with Crippen LogP contribution in [0.5, 0.6) is 0 Å². The molecule has 1 fully saturated rings. The van der Waals surface area contributed by atoms with Crippen LogP contribution in [0.3, 0.4) is 0 Å². The molecule has 0 amide bonds. The van der Waals surface area contributed by atoms with Gasteiger partial charge in [0.15, 0.2) is 0 Å². The van der Waals surface area contributed by atoms with Crippen molar-refractivity contribution in [1.82, 2.24) is 9.71 Å². The number of hydrogen-bond acceptors (Lipinski definition) is 5. The molecule has 2 N–H and O–H groups in total. The van der Waals surface area contributed by atoms with Crippen molar-refractivity contribution >= 4 is 15.8 Å². The average Bonchev–Trinajstić information content (AvgIpc) is 2.81. The summed E-state index contributed by atoms with van der Waals surface area (Å²) in [5.41, 5.74) is 1.35. The first-order chi connectivity index (χ1) is 9.89. The van der Waals surface area contributed by atoms with E-state index in [1.807, 2.05) is 6.92 Å². The molecule has 0 spiro atoms. The van der Waals surface area contributed by atoms with Crippen LogP contribution in [0.1, 0.15) is 30.5 Å². The molecule has 1 aliphatic carbocycles. The van der Waals surface area contributed by atoms with Crippen LogP contribution in [0, 0.1) is 24.2 Å². The number of nitrogens with zero attached hydrogens (tertiary/aromatic N) is 2. The molecule has 0 aliphatic heterocycles. The van der Waals surface area contributed by atoms with E-state index in [-0.39, 0.29) is 12.0 Å². The second-order valence-electron chi connectivity index (χ2n) is 5.53. The number of nitrogens with one attached hydrogen (secondary N) is 2. The Balaban J connectivity index is 2.02. The molecule has 0 aromatic carbocycles. The SMILES string of the molecule is Cc1ccc(C#N)c(NC[C@H]2CCC[C@@H]2NS(C)(=O)=O)n1. The topological polar surface area (TPSA) is 94.9 Å².